The van der Waals surface area contributed by atoms with Crippen molar-refractivity contribution in [2.45, 2.75) is 42.4 Å². The van der Waals surface area contributed by atoms with Gasteiger partial charge in [0.1, 0.15) is 11.2 Å². The van der Waals surface area contributed by atoms with E-state index in [0.29, 0.717) is 33.7 Å². The second-order valence-electron chi connectivity index (χ2n) is 6.02. The molecule has 3 aromatic rings. The predicted octanol–water partition coefficient (Wildman–Crippen LogP) is 4.18. The molecule has 4 rings (SSSR count). The second-order valence-corrected chi connectivity index (χ2v) is 7.51. The molecule has 0 unspecified atom stereocenters. The van der Waals surface area contributed by atoms with Gasteiger partial charge in [0.25, 0.3) is 5.56 Å². The van der Waals surface area contributed by atoms with Crippen LogP contribution in [0.5, 0.6) is 0 Å². The molecule has 1 aliphatic carbocycles. The standard InChI is InChI=1S/C17H17ClN4OS/c18-11-5-7-13(8-6-11)24-10-15-20-16-14(17(23)21-15)9-19-22(16)12-3-1-2-4-12/h5-9,12H,1-4,10H2,(H,20,21,23). The molecule has 1 N–H and O–H groups in total. The third-order valence-corrected chi connectivity index (χ3v) is 5.65. The maximum Gasteiger partial charge on any atom is 0.262 e. The third-order valence-electron chi connectivity index (χ3n) is 4.37. The summed E-state index contributed by atoms with van der Waals surface area (Å²) in [5.74, 6) is 1.27. The van der Waals surface area contributed by atoms with Crippen LogP contribution in [0.15, 0.2) is 40.2 Å². The van der Waals surface area contributed by atoms with Gasteiger partial charge >= 0.3 is 0 Å². The van der Waals surface area contributed by atoms with Gasteiger partial charge < -0.3 is 4.98 Å². The lowest BCUT2D eigenvalue weighted by molar-refractivity contribution is 0.478. The van der Waals surface area contributed by atoms with Gasteiger partial charge in [-0.05, 0) is 37.1 Å². The van der Waals surface area contributed by atoms with Gasteiger partial charge in [0.2, 0.25) is 0 Å². The number of thioether (sulfide) groups is 1. The van der Waals surface area contributed by atoms with Crippen LogP contribution in [0.4, 0.5) is 0 Å². The summed E-state index contributed by atoms with van der Waals surface area (Å²) in [5.41, 5.74) is 0.591. The number of hydrogen-bond acceptors (Lipinski definition) is 4. The number of nitrogens with one attached hydrogen (secondary N) is 1. The summed E-state index contributed by atoms with van der Waals surface area (Å²) in [7, 11) is 0. The van der Waals surface area contributed by atoms with Gasteiger partial charge in [-0.25, -0.2) is 9.67 Å². The lowest BCUT2D eigenvalue weighted by Gasteiger charge is -2.10. The highest BCUT2D eigenvalue weighted by Crippen LogP contribution is 2.30. The maximum absolute atomic E-state index is 12.3. The minimum absolute atomic E-state index is 0.115. The molecule has 1 aromatic carbocycles. The second kappa shape index (κ2) is 6.61. The maximum atomic E-state index is 12.3. The molecule has 1 aliphatic rings. The normalized spacial score (nSPS) is 15.4. The van der Waals surface area contributed by atoms with Crippen LogP contribution in [0.1, 0.15) is 37.5 Å². The van der Waals surface area contributed by atoms with Crippen molar-refractivity contribution in [2.75, 3.05) is 0 Å². The molecule has 0 aliphatic heterocycles. The first-order valence-corrected chi connectivity index (χ1v) is 9.42. The van der Waals surface area contributed by atoms with Gasteiger partial charge in [-0.1, -0.05) is 24.4 Å². The van der Waals surface area contributed by atoms with E-state index >= 15 is 0 Å². The van der Waals surface area contributed by atoms with Crippen LogP contribution >= 0.6 is 23.4 Å². The highest BCUT2D eigenvalue weighted by Gasteiger charge is 2.21. The Labute approximate surface area is 148 Å². The van der Waals surface area contributed by atoms with Crippen LogP contribution in [0.3, 0.4) is 0 Å². The van der Waals surface area contributed by atoms with Crippen molar-refractivity contribution in [1.82, 2.24) is 19.7 Å². The number of rotatable bonds is 4. The Morgan fingerprint density at radius 3 is 2.75 bits per heavy atom. The van der Waals surface area contributed by atoms with Crippen LogP contribution < -0.4 is 5.56 Å². The zero-order valence-electron chi connectivity index (χ0n) is 13.0. The summed E-state index contributed by atoms with van der Waals surface area (Å²) in [5, 5.41) is 5.71. The Morgan fingerprint density at radius 1 is 1.25 bits per heavy atom. The van der Waals surface area contributed by atoms with E-state index in [9.17, 15) is 4.79 Å². The van der Waals surface area contributed by atoms with Crippen LogP contribution in [0, 0.1) is 0 Å². The van der Waals surface area contributed by atoms with Crippen molar-refractivity contribution in [1.29, 1.82) is 0 Å². The number of aromatic nitrogens is 4. The monoisotopic (exact) mass is 360 g/mol. The molecular weight excluding hydrogens is 344 g/mol. The van der Waals surface area contributed by atoms with Crippen molar-refractivity contribution in [3.63, 3.8) is 0 Å². The zero-order chi connectivity index (χ0) is 16.5. The SMILES string of the molecule is O=c1[nH]c(CSc2ccc(Cl)cc2)nc2c1cnn2C1CCCC1. The fourth-order valence-electron chi connectivity index (χ4n) is 3.15. The van der Waals surface area contributed by atoms with Gasteiger partial charge in [0.15, 0.2) is 5.65 Å². The number of H-pyrrole nitrogens is 1. The van der Waals surface area contributed by atoms with Crippen molar-refractivity contribution < 1.29 is 0 Å². The number of fused-ring (bicyclic) bond motifs is 1. The van der Waals surface area contributed by atoms with Crippen molar-refractivity contribution in [3.8, 4) is 0 Å². The number of aromatic amines is 1. The average Bonchev–Trinajstić information content (AvgIpc) is 3.23. The molecule has 0 amide bonds. The third kappa shape index (κ3) is 3.08. The molecule has 0 spiro atoms. The zero-order valence-corrected chi connectivity index (χ0v) is 14.6. The van der Waals surface area contributed by atoms with E-state index < -0.39 is 0 Å². The summed E-state index contributed by atoms with van der Waals surface area (Å²) in [6, 6.07) is 8.02. The van der Waals surface area contributed by atoms with E-state index in [-0.39, 0.29) is 5.56 Å². The van der Waals surface area contributed by atoms with E-state index in [2.05, 4.69) is 15.1 Å². The summed E-state index contributed by atoms with van der Waals surface area (Å²) in [6.07, 6.45) is 6.29. The Hall–Kier alpha value is -1.79. The van der Waals surface area contributed by atoms with Gasteiger partial charge in [-0.15, -0.1) is 11.8 Å². The molecular formula is C17H17ClN4OS. The van der Waals surface area contributed by atoms with E-state index in [1.54, 1.807) is 18.0 Å². The largest absolute Gasteiger partial charge is 0.309 e. The molecule has 7 heteroatoms. The lowest BCUT2D eigenvalue weighted by atomic mass is 10.2. The molecule has 0 saturated heterocycles. The highest BCUT2D eigenvalue weighted by atomic mass is 35.5. The van der Waals surface area contributed by atoms with Crippen molar-refractivity contribution in [2.24, 2.45) is 0 Å². The lowest BCUT2D eigenvalue weighted by Crippen LogP contribution is -2.13. The first kappa shape index (κ1) is 15.7. The Bertz CT molecular complexity index is 912. The van der Waals surface area contributed by atoms with Gasteiger partial charge in [0.05, 0.1) is 18.0 Å². The predicted molar refractivity (Wildman–Crippen MR) is 96.7 cm³/mol. The van der Waals surface area contributed by atoms with Crippen molar-refractivity contribution in [3.05, 3.63) is 51.7 Å². The molecule has 1 fully saturated rings. The topological polar surface area (TPSA) is 63.6 Å². The summed E-state index contributed by atoms with van der Waals surface area (Å²) >= 11 is 7.52. The summed E-state index contributed by atoms with van der Waals surface area (Å²) < 4.78 is 1.94. The average molecular weight is 361 g/mol. The molecule has 2 heterocycles. The van der Waals surface area contributed by atoms with E-state index in [1.165, 1.54) is 12.8 Å². The minimum Gasteiger partial charge on any atom is -0.309 e. The van der Waals surface area contributed by atoms with Crippen LogP contribution in [0.25, 0.3) is 11.0 Å². The molecule has 0 atom stereocenters. The smallest absolute Gasteiger partial charge is 0.262 e. The molecule has 2 aromatic heterocycles. The van der Waals surface area contributed by atoms with Crippen LogP contribution in [0.2, 0.25) is 5.02 Å². The molecule has 5 nitrogen and oxygen atoms in total. The van der Waals surface area contributed by atoms with Gasteiger partial charge in [0, 0.05) is 9.92 Å². The Balaban J connectivity index is 1.62. The van der Waals surface area contributed by atoms with Crippen LogP contribution in [-0.2, 0) is 5.75 Å². The first-order valence-electron chi connectivity index (χ1n) is 8.05. The summed E-state index contributed by atoms with van der Waals surface area (Å²) in [4.78, 5) is 20.9. The van der Waals surface area contributed by atoms with E-state index in [0.717, 1.165) is 17.7 Å². The Morgan fingerprint density at radius 2 is 2.00 bits per heavy atom. The molecule has 24 heavy (non-hydrogen) atoms. The van der Waals surface area contributed by atoms with Gasteiger partial charge in [-0.2, -0.15) is 5.10 Å². The van der Waals surface area contributed by atoms with Gasteiger partial charge in [-0.3, -0.25) is 4.79 Å². The first-order chi connectivity index (χ1) is 11.7. The molecule has 0 bridgehead atoms. The number of halogens is 1. The summed E-state index contributed by atoms with van der Waals surface area (Å²) in [6.45, 7) is 0. The minimum atomic E-state index is -0.115. The fourth-order valence-corrected chi connectivity index (χ4v) is 4.04. The quantitative estimate of drug-likeness (QED) is 0.709. The highest BCUT2D eigenvalue weighted by molar-refractivity contribution is 7.98. The van der Waals surface area contributed by atoms with E-state index in [1.807, 2.05) is 28.9 Å². The molecule has 124 valence electrons. The molecule has 0 radical (unpaired) electrons. The number of nitrogens with zero attached hydrogens (tertiary/aromatic N) is 3. The number of benzene rings is 1. The number of hydrogen-bond donors (Lipinski definition) is 1. The molecule has 1 saturated carbocycles. The van der Waals surface area contributed by atoms with E-state index in [4.69, 9.17) is 11.6 Å². The van der Waals surface area contributed by atoms with Crippen LogP contribution in [-0.4, -0.2) is 19.7 Å². The van der Waals surface area contributed by atoms with Crippen molar-refractivity contribution >= 4 is 34.4 Å². The fraction of sp³-hybridized carbons (Fsp3) is 0.353. The Kier molecular flexibility index (Phi) is 4.33.